The molecule has 3 atom stereocenters. The van der Waals surface area contributed by atoms with Gasteiger partial charge in [0, 0.05) is 5.57 Å². The third kappa shape index (κ3) is 2.81. The zero-order valence-electron chi connectivity index (χ0n) is 9.11. The van der Waals surface area contributed by atoms with Gasteiger partial charge in [-0.25, -0.2) is 4.79 Å². The van der Waals surface area contributed by atoms with Crippen LogP contribution in [0.4, 0.5) is 0 Å². The Morgan fingerprint density at radius 1 is 1.47 bits per heavy atom. The molecule has 1 heterocycles. The second kappa shape index (κ2) is 4.35. The number of hydrogen-bond acceptors (Lipinski definition) is 2. The van der Waals surface area contributed by atoms with E-state index in [9.17, 15) is 4.79 Å². The molecule has 0 amide bonds. The number of carboxylic acid groups (broad SMARTS) is 1. The Hall–Kier alpha value is -0.830. The van der Waals surface area contributed by atoms with E-state index in [0.717, 1.165) is 18.8 Å². The maximum atomic E-state index is 10.6. The molecule has 3 unspecified atom stereocenters. The molecular weight excluding hydrogens is 192 g/mol. The van der Waals surface area contributed by atoms with Crippen LogP contribution in [0, 0.1) is 5.92 Å². The SMILES string of the molecule is C/C(=C\CCC1CCC2OC2C1)C(=O)O. The molecule has 0 aromatic heterocycles. The summed E-state index contributed by atoms with van der Waals surface area (Å²) in [6, 6.07) is 0. The fourth-order valence-corrected chi connectivity index (χ4v) is 2.37. The molecule has 1 aliphatic carbocycles. The lowest BCUT2D eigenvalue weighted by atomic mass is 9.86. The Balaban J connectivity index is 1.69. The van der Waals surface area contributed by atoms with Crippen molar-refractivity contribution in [1.29, 1.82) is 0 Å². The molecule has 1 aliphatic heterocycles. The molecular formula is C12H18O3. The summed E-state index contributed by atoms with van der Waals surface area (Å²) in [4.78, 5) is 10.6. The monoisotopic (exact) mass is 210 g/mol. The first-order valence-electron chi connectivity index (χ1n) is 5.72. The average molecular weight is 210 g/mol. The minimum atomic E-state index is -0.802. The van der Waals surface area contributed by atoms with E-state index >= 15 is 0 Å². The van der Waals surface area contributed by atoms with E-state index in [0.29, 0.717) is 17.8 Å². The van der Waals surface area contributed by atoms with Crippen LogP contribution in [0.25, 0.3) is 0 Å². The number of ether oxygens (including phenoxy) is 1. The van der Waals surface area contributed by atoms with E-state index in [4.69, 9.17) is 9.84 Å². The summed E-state index contributed by atoms with van der Waals surface area (Å²) in [6.07, 6.45) is 8.58. The van der Waals surface area contributed by atoms with Crippen LogP contribution >= 0.6 is 0 Å². The topological polar surface area (TPSA) is 49.8 Å². The Morgan fingerprint density at radius 3 is 2.93 bits per heavy atom. The number of allylic oxidation sites excluding steroid dienone is 1. The summed E-state index contributed by atoms with van der Waals surface area (Å²) < 4.78 is 5.46. The third-order valence-electron chi connectivity index (χ3n) is 3.48. The average Bonchev–Trinajstić information content (AvgIpc) is 2.95. The van der Waals surface area contributed by atoms with Crippen LogP contribution in [0.3, 0.4) is 0 Å². The molecule has 0 aromatic rings. The van der Waals surface area contributed by atoms with Crippen molar-refractivity contribution in [3.63, 3.8) is 0 Å². The lowest BCUT2D eigenvalue weighted by Gasteiger charge is -2.17. The van der Waals surface area contributed by atoms with Crippen LogP contribution in [0.5, 0.6) is 0 Å². The molecule has 3 heteroatoms. The van der Waals surface area contributed by atoms with Gasteiger partial charge < -0.3 is 9.84 Å². The van der Waals surface area contributed by atoms with Gasteiger partial charge in [0.2, 0.25) is 0 Å². The van der Waals surface area contributed by atoms with Crippen molar-refractivity contribution in [3.8, 4) is 0 Å². The summed E-state index contributed by atoms with van der Waals surface area (Å²) in [5.41, 5.74) is 0.464. The molecule has 1 saturated heterocycles. The lowest BCUT2D eigenvalue weighted by molar-refractivity contribution is -0.132. The number of epoxide rings is 1. The fraction of sp³-hybridized carbons (Fsp3) is 0.750. The van der Waals surface area contributed by atoms with Crippen LogP contribution in [-0.2, 0) is 9.53 Å². The summed E-state index contributed by atoms with van der Waals surface area (Å²) in [6.45, 7) is 1.66. The second-order valence-corrected chi connectivity index (χ2v) is 4.66. The standard InChI is InChI=1S/C12H18O3/c1-8(12(13)14)3-2-4-9-5-6-10-11(7-9)15-10/h3,9-11H,2,4-7H2,1H3,(H,13,14)/b8-3+. The molecule has 3 nitrogen and oxygen atoms in total. The Kier molecular flexibility index (Phi) is 3.10. The predicted molar refractivity (Wildman–Crippen MR) is 56.6 cm³/mol. The van der Waals surface area contributed by atoms with Gasteiger partial charge in [0.05, 0.1) is 12.2 Å². The highest BCUT2D eigenvalue weighted by Crippen LogP contribution is 2.40. The van der Waals surface area contributed by atoms with Gasteiger partial charge in [-0.2, -0.15) is 0 Å². The van der Waals surface area contributed by atoms with Crippen LogP contribution in [-0.4, -0.2) is 23.3 Å². The number of aliphatic carboxylic acids is 1. The first-order valence-corrected chi connectivity index (χ1v) is 5.72. The number of carbonyl (C=O) groups is 1. The normalized spacial score (nSPS) is 34.7. The third-order valence-corrected chi connectivity index (χ3v) is 3.48. The van der Waals surface area contributed by atoms with Crippen LogP contribution in [0.2, 0.25) is 0 Å². The predicted octanol–water partition coefficient (Wildman–Crippen LogP) is 2.36. The van der Waals surface area contributed by atoms with Crippen molar-refractivity contribution >= 4 is 5.97 Å². The summed E-state index contributed by atoms with van der Waals surface area (Å²) >= 11 is 0. The zero-order chi connectivity index (χ0) is 10.8. The van der Waals surface area contributed by atoms with Gasteiger partial charge in [-0.05, 0) is 44.9 Å². The van der Waals surface area contributed by atoms with E-state index < -0.39 is 5.97 Å². The van der Waals surface area contributed by atoms with Gasteiger partial charge in [0.25, 0.3) is 0 Å². The van der Waals surface area contributed by atoms with Crippen molar-refractivity contribution in [1.82, 2.24) is 0 Å². The molecule has 0 bridgehead atoms. The number of hydrogen-bond donors (Lipinski definition) is 1. The van der Waals surface area contributed by atoms with E-state index in [2.05, 4.69) is 0 Å². The maximum Gasteiger partial charge on any atom is 0.330 e. The molecule has 1 N–H and O–H groups in total. The second-order valence-electron chi connectivity index (χ2n) is 4.66. The summed E-state index contributed by atoms with van der Waals surface area (Å²) in [7, 11) is 0. The Morgan fingerprint density at radius 2 is 2.27 bits per heavy atom. The molecule has 84 valence electrons. The van der Waals surface area contributed by atoms with Crippen molar-refractivity contribution in [2.45, 2.75) is 51.2 Å². The number of carboxylic acids is 1. The lowest BCUT2D eigenvalue weighted by Crippen LogP contribution is -2.13. The first-order chi connectivity index (χ1) is 7.16. The van der Waals surface area contributed by atoms with E-state index in [1.165, 1.54) is 19.3 Å². The van der Waals surface area contributed by atoms with Crippen LogP contribution < -0.4 is 0 Å². The Labute approximate surface area is 90.1 Å². The van der Waals surface area contributed by atoms with Crippen molar-refractivity contribution in [2.24, 2.45) is 5.92 Å². The Bertz CT molecular complexity index is 283. The van der Waals surface area contributed by atoms with E-state index in [1.807, 2.05) is 6.08 Å². The largest absolute Gasteiger partial charge is 0.478 e. The van der Waals surface area contributed by atoms with Gasteiger partial charge in [-0.15, -0.1) is 0 Å². The summed E-state index contributed by atoms with van der Waals surface area (Å²) in [5.74, 6) is -0.0594. The van der Waals surface area contributed by atoms with Crippen LogP contribution in [0.15, 0.2) is 11.6 Å². The molecule has 15 heavy (non-hydrogen) atoms. The van der Waals surface area contributed by atoms with Gasteiger partial charge in [-0.3, -0.25) is 0 Å². The minimum absolute atomic E-state index is 0.464. The van der Waals surface area contributed by atoms with Gasteiger partial charge in [0.15, 0.2) is 0 Å². The first kappa shape index (κ1) is 10.7. The molecule has 2 aliphatic rings. The minimum Gasteiger partial charge on any atom is -0.478 e. The van der Waals surface area contributed by atoms with Crippen LogP contribution in [0.1, 0.15) is 39.0 Å². The molecule has 1 saturated carbocycles. The van der Waals surface area contributed by atoms with Crippen molar-refractivity contribution in [2.75, 3.05) is 0 Å². The van der Waals surface area contributed by atoms with Crippen molar-refractivity contribution in [3.05, 3.63) is 11.6 Å². The van der Waals surface area contributed by atoms with E-state index in [1.54, 1.807) is 6.92 Å². The molecule has 2 rings (SSSR count). The van der Waals surface area contributed by atoms with Gasteiger partial charge in [-0.1, -0.05) is 6.08 Å². The smallest absolute Gasteiger partial charge is 0.330 e. The molecule has 2 fully saturated rings. The highest BCUT2D eigenvalue weighted by molar-refractivity contribution is 5.85. The van der Waals surface area contributed by atoms with Gasteiger partial charge in [0.1, 0.15) is 0 Å². The van der Waals surface area contributed by atoms with Gasteiger partial charge >= 0.3 is 5.97 Å². The molecule has 0 aromatic carbocycles. The quantitative estimate of drug-likeness (QED) is 0.572. The maximum absolute atomic E-state index is 10.6. The van der Waals surface area contributed by atoms with E-state index in [-0.39, 0.29) is 0 Å². The summed E-state index contributed by atoms with van der Waals surface area (Å²) in [5, 5.41) is 8.68. The number of rotatable bonds is 4. The molecule has 0 radical (unpaired) electrons. The zero-order valence-corrected chi connectivity index (χ0v) is 9.11. The number of fused-ring (bicyclic) bond motifs is 1. The molecule has 0 spiro atoms. The highest BCUT2D eigenvalue weighted by atomic mass is 16.6. The van der Waals surface area contributed by atoms with Crippen molar-refractivity contribution < 1.29 is 14.6 Å². The highest BCUT2D eigenvalue weighted by Gasteiger charge is 2.43. The fourth-order valence-electron chi connectivity index (χ4n) is 2.37.